The zero-order valence-corrected chi connectivity index (χ0v) is 11.9. The van der Waals surface area contributed by atoms with Crippen LogP contribution in [0.4, 0.5) is 0 Å². The quantitative estimate of drug-likeness (QED) is 0.807. The largest absolute Gasteiger partial charge is 0.381 e. The third kappa shape index (κ3) is 3.29. The van der Waals surface area contributed by atoms with Crippen molar-refractivity contribution >= 4 is 0 Å². The minimum atomic E-state index is 0.0962. The van der Waals surface area contributed by atoms with Gasteiger partial charge in [0.25, 0.3) is 0 Å². The second-order valence-electron chi connectivity index (χ2n) is 6.45. The van der Waals surface area contributed by atoms with Gasteiger partial charge in [-0.3, -0.25) is 0 Å². The zero-order valence-electron chi connectivity index (χ0n) is 11.9. The molecule has 2 rings (SSSR count). The normalized spacial score (nSPS) is 25.1. The molecule has 0 aromatic carbocycles. The van der Waals surface area contributed by atoms with Crippen molar-refractivity contribution in [1.82, 2.24) is 9.97 Å². The van der Waals surface area contributed by atoms with Crippen LogP contribution in [-0.4, -0.2) is 23.2 Å². The van der Waals surface area contributed by atoms with Crippen LogP contribution in [0.5, 0.6) is 0 Å². The molecule has 1 unspecified atom stereocenters. The first-order valence-corrected chi connectivity index (χ1v) is 6.86. The summed E-state index contributed by atoms with van der Waals surface area (Å²) in [5.41, 5.74) is 2.40. The number of nitrogens with zero attached hydrogens (tertiary/aromatic N) is 2. The van der Waals surface area contributed by atoms with E-state index in [1.54, 1.807) is 6.33 Å². The molecule has 0 amide bonds. The maximum Gasteiger partial charge on any atom is 0.115 e. The van der Waals surface area contributed by atoms with Gasteiger partial charge in [0.2, 0.25) is 0 Å². The first-order chi connectivity index (χ1) is 8.47. The van der Waals surface area contributed by atoms with Crippen LogP contribution in [0.1, 0.15) is 45.5 Å². The summed E-state index contributed by atoms with van der Waals surface area (Å²) < 4.78 is 5.49. The zero-order chi connectivity index (χ0) is 13.2. The number of hydrogen-bond donors (Lipinski definition) is 0. The van der Waals surface area contributed by atoms with Crippen molar-refractivity contribution in [1.29, 1.82) is 0 Å². The van der Waals surface area contributed by atoms with E-state index in [4.69, 9.17) is 4.74 Å². The first-order valence-electron chi connectivity index (χ1n) is 6.86. The van der Waals surface area contributed by atoms with E-state index in [0.717, 1.165) is 31.7 Å². The van der Waals surface area contributed by atoms with Crippen LogP contribution in [0.3, 0.4) is 0 Å². The summed E-state index contributed by atoms with van der Waals surface area (Å²) in [6.07, 6.45) is 3.91. The van der Waals surface area contributed by atoms with Gasteiger partial charge < -0.3 is 4.74 Å². The molecule has 0 radical (unpaired) electrons. The van der Waals surface area contributed by atoms with Crippen LogP contribution < -0.4 is 0 Å². The molecular formula is C15H24N2O. The summed E-state index contributed by atoms with van der Waals surface area (Å²) in [7, 11) is 0. The van der Waals surface area contributed by atoms with Gasteiger partial charge in [0.05, 0.1) is 0 Å². The molecule has 0 spiro atoms. The Morgan fingerprint density at radius 3 is 2.78 bits per heavy atom. The highest BCUT2D eigenvalue weighted by Gasteiger charge is 2.23. The summed E-state index contributed by atoms with van der Waals surface area (Å²) in [5.74, 6) is 1.33. The predicted octanol–water partition coefficient (Wildman–Crippen LogP) is 2.99. The maximum absolute atomic E-state index is 5.49. The number of ether oxygens (including phenoxy) is 1. The molecule has 1 saturated heterocycles. The predicted molar refractivity (Wildman–Crippen MR) is 72.5 cm³/mol. The molecule has 3 heteroatoms. The van der Waals surface area contributed by atoms with Crippen molar-refractivity contribution in [2.75, 3.05) is 13.2 Å². The molecule has 1 aromatic rings. The van der Waals surface area contributed by atoms with Crippen LogP contribution in [0.2, 0.25) is 0 Å². The fourth-order valence-electron chi connectivity index (χ4n) is 2.42. The molecule has 0 bridgehead atoms. The minimum Gasteiger partial charge on any atom is -0.381 e. The van der Waals surface area contributed by atoms with E-state index in [2.05, 4.69) is 43.7 Å². The molecule has 1 aromatic heterocycles. The van der Waals surface area contributed by atoms with Crippen molar-refractivity contribution in [2.24, 2.45) is 11.8 Å². The minimum absolute atomic E-state index is 0.0962. The van der Waals surface area contributed by atoms with Crippen molar-refractivity contribution in [3.8, 4) is 0 Å². The molecule has 18 heavy (non-hydrogen) atoms. The van der Waals surface area contributed by atoms with Crippen molar-refractivity contribution in [3.05, 3.63) is 23.8 Å². The average molecular weight is 248 g/mol. The molecule has 1 aliphatic rings. The Hall–Kier alpha value is -0.960. The van der Waals surface area contributed by atoms with Crippen LogP contribution in [-0.2, 0) is 16.6 Å². The summed E-state index contributed by atoms with van der Waals surface area (Å²) in [6.45, 7) is 10.6. The summed E-state index contributed by atoms with van der Waals surface area (Å²) in [6, 6.07) is 2.17. The molecule has 0 N–H and O–H groups in total. The fraction of sp³-hybridized carbons (Fsp3) is 0.733. The van der Waals surface area contributed by atoms with E-state index in [9.17, 15) is 0 Å². The van der Waals surface area contributed by atoms with Gasteiger partial charge in [0.1, 0.15) is 6.33 Å². The molecule has 0 saturated carbocycles. The van der Waals surface area contributed by atoms with E-state index in [1.165, 1.54) is 5.69 Å². The van der Waals surface area contributed by atoms with Gasteiger partial charge in [-0.2, -0.15) is 0 Å². The van der Waals surface area contributed by atoms with Gasteiger partial charge in [-0.25, -0.2) is 9.97 Å². The van der Waals surface area contributed by atoms with E-state index in [0.29, 0.717) is 11.8 Å². The Labute approximate surface area is 110 Å². The molecule has 3 nitrogen and oxygen atoms in total. The van der Waals surface area contributed by atoms with E-state index in [1.807, 2.05) is 0 Å². The Kier molecular flexibility index (Phi) is 4.00. The van der Waals surface area contributed by atoms with Crippen LogP contribution in [0.15, 0.2) is 12.4 Å². The lowest BCUT2D eigenvalue weighted by Gasteiger charge is -2.28. The molecular weight excluding hydrogens is 224 g/mol. The van der Waals surface area contributed by atoms with Gasteiger partial charge >= 0.3 is 0 Å². The summed E-state index contributed by atoms with van der Waals surface area (Å²) in [4.78, 5) is 8.82. The number of rotatable bonds is 2. The first kappa shape index (κ1) is 13.5. The lowest BCUT2D eigenvalue weighted by atomic mass is 9.85. The Bertz CT molecular complexity index is 398. The number of aromatic nitrogens is 2. The van der Waals surface area contributed by atoms with E-state index < -0.39 is 0 Å². The van der Waals surface area contributed by atoms with Gasteiger partial charge in [-0.1, -0.05) is 27.7 Å². The Morgan fingerprint density at radius 2 is 2.11 bits per heavy atom. The molecule has 1 aliphatic heterocycles. The van der Waals surface area contributed by atoms with Gasteiger partial charge in [-0.15, -0.1) is 0 Å². The highest BCUT2D eigenvalue weighted by Crippen LogP contribution is 2.26. The summed E-state index contributed by atoms with van der Waals surface area (Å²) >= 11 is 0. The SMILES string of the molecule is C[C@@H]1COCCC1Cc1cc(C(C)(C)C)ncn1. The van der Waals surface area contributed by atoms with Crippen molar-refractivity contribution in [2.45, 2.75) is 46.0 Å². The van der Waals surface area contributed by atoms with Crippen molar-refractivity contribution < 1.29 is 4.74 Å². The molecule has 100 valence electrons. The van der Waals surface area contributed by atoms with Crippen LogP contribution in [0, 0.1) is 11.8 Å². The van der Waals surface area contributed by atoms with Gasteiger partial charge in [-0.05, 0) is 30.7 Å². The maximum atomic E-state index is 5.49. The molecule has 2 atom stereocenters. The lowest BCUT2D eigenvalue weighted by Crippen LogP contribution is -2.27. The third-order valence-corrected chi connectivity index (χ3v) is 3.78. The molecule has 0 aliphatic carbocycles. The Balaban J connectivity index is 2.09. The second-order valence-corrected chi connectivity index (χ2v) is 6.45. The molecule has 2 heterocycles. The average Bonchev–Trinajstić information content (AvgIpc) is 2.31. The van der Waals surface area contributed by atoms with Gasteiger partial charge in [0.15, 0.2) is 0 Å². The summed E-state index contributed by atoms with van der Waals surface area (Å²) in [5, 5.41) is 0. The topological polar surface area (TPSA) is 35.0 Å². The Morgan fingerprint density at radius 1 is 1.33 bits per heavy atom. The third-order valence-electron chi connectivity index (χ3n) is 3.78. The van der Waals surface area contributed by atoms with Gasteiger partial charge in [0, 0.05) is 30.0 Å². The van der Waals surface area contributed by atoms with Crippen LogP contribution >= 0.6 is 0 Å². The van der Waals surface area contributed by atoms with E-state index >= 15 is 0 Å². The van der Waals surface area contributed by atoms with E-state index in [-0.39, 0.29) is 5.41 Å². The monoisotopic (exact) mass is 248 g/mol. The highest BCUT2D eigenvalue weighted by atomic mass is 16.5. The van der Waals surface area contributed by atoms with Crippen LogP contribution in [0.25, 0.3) is 0 Å². The van der Waals surface area contributed by atoms with Crippen molar-refractivity contribution in [3.63, 3.8) is 0 Å². The lowest BCUT2D eigenvalue weighted by molar-refractivity contribution is 0.0242. The number of hydrogen-bond acceptors (Lipinski definition) is 3. The molecule has 1 fully saturated rings. The standard InChI is InChI=1S/C15H24N2O/c1-11-9-18-6-5-12(11)7-13-8-14(15(2,3)4)17-10-16-13/h8,10-12H,5-7,9H2,1-4H3/t11-,12?/m1/s1. The second kappa shape index (κ2) is 5.35. The fourth-order valence-corrected chi connectivity index (χ4v) is 2.42. The smallest absolute Gasteiger partial charge is 0.115 e. The highest BCUT2D eigenvalue weighted by molar-refractivity contribution is 5.16.